The Hall–Kier alpha value is -0.610. The van der Waals surface area contributed by atoms with Crippen molar-refractivity contribution in [2.45, 2.75) is 46.0 Å². The summed E-state index contributed by atoms with van der Waals surface area (Å²) in [5.41, 5.74) is 5.98. The summed E-state index contributed by atoms with van der Waals surface area (Å²) < 4.78 is 0. The molecule has 0 aliphatic carbocycles. The molecule has 1 amide bonds. The van der Waals surface area contributed by atoms with Gasteiger partial charge in [-0.15, -0.1) is 0 Å². The van der Waals surface area contributed by atoms with Crippen molar-refractivity contribution >= 4 is 5.91 Å². The van der Waals surface area contributed by atoms with Crippen LogP contribution in [0.5, 0.6) is 0 Å². The molecule has 2 N–H and O–H groups in total. The molecular weight excluding hydrogens is 238 g/mol. The summed E-state index contributed by atoms with van der Waals surface area (Å²) in [6.45, 7) is 8.66. The van der Waals surface area contributed by atoms with Crippen LogP contribution in [0.25, 0.3) is 0 Å². The average molecular weight is 269 g/mol. The first kappa shape index (κ1) is 16.4. The van der Waals surface area contributed by atoms with Crippen LogP contribution < -0.4 is 5.73 Å². The summed E-state index contributed by atoms with van der Waals surface area (Å²) >= 11 is 0. The lowest BCUT2D eigenvalue weighted by Crippen LogP contribution is -2.37. The van der Waals surface area contributed by atoms with Gasteiger partial charge in [-0.25, -0.2) is 0 Å². The zero-order valence-electron chi connectivity index (χ0n) is 13.0. The molecule has 1 aliphatic rings. The van der Waals surface area contributed by atoms with Gasteiger partial charge < -0.3 is 10.6 Å². The molecular formula is C15H31N3O. The number of likely N-dealkylation sites (tertiary alicyclic amines) is 1. The topological polar surface area (TPSA) is 49.6 Å². The predicted octanol–water partition coefficient (Wildman–Crippen LogP) is 1.70. The fourth-order valence-corrected chi connectivity index (χ4v) is 2.46. The molecule has 4 heteroatoms. The van der Waals surface area contributed by atoms with E-state index in [9.17, 15) is 4.79 Å². The number of rotatable bonds is 8. The molecule has 0 aromatic rings. The predicted molar refractivity (Wildman–Crippen MR) is 80.0 cm³/mol. The lowest BCUT2D eigenvalue weighted by atomic mass is 9.87. The van der Waals surface area contributed by atoms with E-state index in [1.54, 1.807) is 0 Å². The second-order valence-corrected chi connectivity index (χ2v) is 6.65. The molecule has 0 aromatic heterocycles. The molecule has 0 aromatic carbocycles. The highest BCUT2D eigenvalue weighted by molar-refractivity contribution is 5.78. The number of nitrogens with zero attached hydrogens (tertiary/aromatic N) is 2. The molecule has 1 fully saturated rings. The second-order valence-electron chi connectivity index (χ2n) is 6.65. The number of carbonyl (C=O) groups is 1. The number of carbonyl (C=O) groups excluding carboxylic acids is 1. The second kappa shape index (κ2) is 7.85. The smallest absolute Gasteiger partial charge is 0.236 e. The minimum atomic E-state index is 0.254. The van der Waals surface area contributed by atoms with Crippen molar-refractivity contribution in [3.8, 4) is 0 Å². The molecule has 1 saturated heterocycles. The van der Waals surface area contributed by atoms with E-state index in [-0.39, 0.29) is 5.41 Å². The average Bonchev–Trinajstić information content (AvgIpc) is 2.88. The van der Waals surface area contributed by atoms with Crippen molar-refractivity contribution < 1.29 is 4.79 Å². The number of nitrogens with two attached hydrogens (primary N) is 1. The molecule has 1 heterocycles. The Morgan fingerprint density at radius 2 is 1.89 bits per heavy atom. The van der Waals surface area contributed by atoms with E-state index in [0.717, 1.165) is 39.0 Å². The summed E-state index contributed by atoms with van der Waals surface area (Å²) in [5, 5.41) is 0. The van der Waals surface area contributed by atoms with E-state index in [1.165, 1.54) is 19.3 Å². The van der Waals surface area contributed by atoms with Gasteiger partial charge in [-0.1, -0.05) is 20.3 Å². The van der Waals surface area contributed by atoms with Crippen molar-refractivity contribution in [1.29, 1.82) is 0 Å². The van der Waals surface area contributed by atoms with E-state index in [0.29, 0.717) is 12.5 Å². The molecule has 0 saturated carbocycles. The van der Waals surface area contributed by atoms with Crippen molar-refractivity contribution in [2.75, 3.05) is 39.8 Å². The first-order valence-corrected chi connectivity index (χ1v) is 7.61. The summed E-state index contributed by atoms with van der Waals surface area (Å²) in [4.78, 5) is 16.1. The van der Waals surface area contributed by atoms with Crippen LogP contribution in [0.4, 0.5) is 0 Å². The number of hydrogen-bond acceptors (Lipinski definition) is 3. The molecule has 0 unspecified atom stereocenters. The summed E-state index contributed by atoms with van der Waals surface area (Å²) in [5.74, 6) is 0.294. The number of likely N-dealkylation sites (N-methyl/N-ethyl adjacent to an activating group) is 1. The van der Waals surface area contributed by atoms with Crippen LogP contribution in [0.15, 0.2) is 0 Å². The molecule has 0 spiro atoms. The molecule has 112 valence electrons. The normalized spacial score (nSPS) is 16.4. The van der Waals surface area contributed by atoms with E-state index in [1.807, 2.05) is 11.9 Å². The molecule has 0 bridgehead atoms. The van der Waals surface area contributed by atoms with Gasteiger partial charge in [-0.3, -0.25) is 9.69 Å². The summed E-state index contributed by atoms with van der Waals surface area (Å²) in [6.07, 6.45) is 5.84. The highest BCUT2D eigenvalue weighted by Gasteiger charge is 2.19. The van der Waals surface area contributed by atoms with Crippen LogP contribution in [0.2, 0.25) is 0 Å². The van der Waals surface area contributed by atoms with E-state index in [4.69, 9.17) is 5.73 Å². The largest absolute Gasteiger partial charge is 0.342 e. The third-order valence-electron chi connectivity index (χ3n) is 4.06. The monoisotopic (exact) mass is 269 g/mol. The molecule has 4 nitrogen and oxygen atoms in total. The van der Waals surface area contributed by atoms with Crippen LogP contribution in [0.3, 0.4) is 0 Å². The molecule has 19 heavy (non-hydrogen) atoms. The summed E-state index contributed by atoms with van der Waals surface area (Å²) in [7, 11) is 2.04. The van der Waals surface area contributed by atoms with E-state index >= 15 is 0 Å². The third-order valence-corrected chi connectivity index (χ3v) is 4.06. The Bertz CT molecular complexity index is 273. The highest BCUT2D eigenvalue weighted by Crippen LogP contribution is 2.21. The van der Waals surface area contributed by atoms with Gasteiger partial charge in [-0.2, -0.15) is 0 Å². The first-order chi connectivity index (χ1) is 8.94. The van der Waals surface area contributed by atoms with E-state index in [2.05, 4.69) is 18.7 Å². The Kier molecular flexibility index (Phi) is 6.80. The van der Waals surface area contributed by atoms with Crippen LogP contribution in [-0.4, -0.2) is 55.5 Å². The van der Waals surface area contributed by atoms with E-state index < -0.39 is 0 Å². The van der Waals surface area contributed by atoms with Crippen molar-refractivity contribution in [2.24, 2.45) is 11.1 Å². The van der Waals surface area contributed by atoms with Gasteiger partial charge in [0.25, 0.3) is 0 Å². The maximum absolute atomic E-state index is 12.0. The van der Waals surface area contributed by atoms with Gasteiger partial charge in [0.1, 0.15) is 0 Å². The maximum atomic E-state index is 12.0. The number of hydrogen-bond donors (Lipinski definition) is 1. The minimum absolute atomic E-state index is 0.254. The number of unbranched alkanes of at least 4 members (excludes halogenated alkanes) is 1. The lowest BCUT2D eigenvalue weighted by molar-refractivity contribution is -0.131. The van der Waals surface area contributed by atoms with Gasteiger partial charge in [0, 0.05) is 13.1 Å². The molecule has 1 aliphatic heterocycles. The zero-order chi connectivity index (χ0) is 14.3. The van der Waals surface area contributed by atoms with Crippen LogP contribution in [0.1, 0.15) is 46.0 Å². The highest BCUT2D eigenvalue weighted by atomic mass is 16.2. The van der Waals surface area contributed by atoms with Crippen LogP contribution in [-0.2, 0) is 4.79 Å². The van der Waals surface area contributed by atoms with Crippen molar-refractivity contribution in [1.82, 2.24) is 9.80 Å². The minimum Gasteiger partial charge on any atom is -0.342 e. The van der Waals surface area contributed by atoms with Gasteiger partial charge in [-0.05, 0) is 51.2 Å². The fourth-order valence-electron chi connectivity index (χ4n) is 2.46. The maximum Gasteiger partial charge on any atom is 0.236 e. The van der Waals surface area contributed by atoms with Gasteiger partial charge in [0.15, 0.2) is 0 Å². The Morgan fingerprint density at radius 3 is 2.47 bits per heavy atom. The SMILES string of the molecule is CN(CCCCC(C)(C)CN)CC(=O)N1CCCC1. The zero-order valence-corrected chi connectivity index (χ0v) is 13.0. The fraction of sp³-hybridized carbons (Fsp3) is 0.933. The number of amides is 1. The van der Waals surface area contributed by atoms with Gasteiger partial charge in [0.05, 0.1) is 6.54 Å². The van der Waals surface area contributed by atoms with Crippen LogP contribution in [0, 0.1) is 5.41 Å². The molecule has 1 rings (SSSR count). The Balaban J connectivity index is 2.10. The molecule has 0 atom stereocenters. The lowest BCUT2D eigenvalue weighted by Gasteiger charge is -2.23. The Morgan fingerprint density at radius 1 is 1.26 bits per heavy atom. The Labute approximate surface area is 118 Å². The van der Waals surface area contributed by atoms with Crippen molar-refractivity contribution in [3.63, 3.8) is 0 Å². The first-order valence-electron chi connectivity index (χ1n) is 7.61. The summed E-state index contributed by atoms with van der Waals surface area (Å²) in [6, 6.07) is 0. The van der Waals surface area contributed by atoms with Gasteiger partial charge in [0.2, 0.25) is 5.91 Å². The van der Waals surface area contributed by atoms with Crippen LogP contribution >= 0.6 is 0 Å². The standard InChI is InChI=1S/C15H31N3O/c1-15(2,13-16)8-4-5-9-17(3)12-14(19)18-10-6-7-11-18/h4-13,16H2,1-3H3. The van der Waals surface area contributed by atoms with Gasteiger partial charge >= 0.3 is 0 Å². The third kappa shape index (κ3) is 6.39. The van der Waals surface area contributed by atoms with Crippen molar-refractivity contribution in [3.05, 3.63) is 0 Å². The quantitative estimate of drug-likeness (QED) is 0.682. The molecule has 0 radical (unpaired) electrons.